The number of fused-ring (bicyclic) bond motifs is 1. The third-order valence-electron chi connectivity index (χ3n) is 5.00. The number of benzene rings is 2. The highest BCUT2D eigenvalue weighted by atomic mass is 16.5. The van der Waals surface area contributed by atoms with E-state index in [4.69, 9.17) is 14.2 Å². The maximum atomic E-state index is 11.9. The van der Waals surface area contributed by atoms with Crippen LogP contribution in [0.15, 0.2) is 30.3 Å². The molecule has 0 saturated heterocycles. The lowest BCUT2D eigenvalue weighted by molar-refractivity contribution is 0.0994. The molecule has 4 heteroatoms. The Kier molecular flexibility index (Phi) is 4.12. The maximum absolute atomic E-state index is 11.9. The molecule has 0 N–H and O–H groups in total. The zero-order valence-corrected chi connectivity index (χ0v) is 14.6. The number of ketones is 1. The standard InChI is InChI=1S/C21H22O4/c1-23-19-10-8-17(20(24-2)21(19)25-12-13-3-4-13)15-5-7-16-14(11-15)6-9-18(16)22/h5,7-8,10-11,13H,3-4,6,9,12H2,1-2H3. The first kappa shape index (κ1) is 16.0. The Morgan fingerprint density at radius 3 is 2.48 bits per heavy atom. The van der Waals surface area contributed by atoms with Gasteiger partial charge in [-0.25, -0.2) is 0 Å². The van der Waals surface area contributed by atoms with Crippen molar-refractivity contribution in [2.75, 3.05) is 20.8 Å². The molecule has 2 aromatic rings. The third kappa shape index (κ3) is 2.97. The topological polar surface area (TPSA) is 44.8 Å². The van der Waals surface area contributed by atoms with Gasteiger partial charge in [0.1, 0.15) is 0 Å². The first-order valence-corrected chi connectivity index (χ1v) is 8.75. The second kappa shape index (κ2) is 6.43. The summed E-state index contributed by atoms with van der Waals surface area (Å²) in [6.07, 6.45) is 3.87. The van der Waals surface area contributed by atoms with Gasteiger partial charge in [-0.1, -0.05) is 18.2 Å². The Balaban J connectivity index is 1.76. The first-order valence-electron chi connectivity index (χ1n) is 8.75. The highest BCUT2D eigenvalue weighted by molar-refractivity contribution is 6.01. The SMILES string of the molecule is COc1ccc(-c2ccc3c(c2)CCC3=O)c(OC)c1OCC1CC1. The van der Waals surface area contributed by atoms with Crippen LogP contribution in [0.25, 0.3) is 11.1 Å². The molecular weight excluding hydrogens is 316 g/mol. The van der Waals surface area contributed by atoms with E-state index in [1.807, 2.05) is 24.3 Å². The van der Waals surface area contributed by atoms with Gasteiger partial charge < -0.3 is 14.2 Å². The van der Waals surface area contributed by atoms with Crippen LogP contribution in [0.2, 0.25) is 0 Å². The Labute approximate surface area is 147 Å². The number of carbonyl (C=O) groups is 1. The highest BCUT2D eigenvalue weighted by Crippen LogP contribution is 2.46. The molecule has 0 aliphatic heterocycles. The van der Waals surface area contributed by atoms with Crippen LogP contribution in [0.5, 0.6) is 17.2 Å². The summed E-state index contributed by atoms with van der Waals surface area (Å²) >= 11 is 0. The highest BCUT2D eigenvalue weighted by Gasteiger charge is 2.26. The normalized spacial score (nSPS) is 15.8. The lowest BCUT2D eigenvalue weighted by Crippen LogP contribution is -2.04. The fraction of sp³-hybridized carbons (Fsp3) is 0.381. The van der Waals surface area contributed by atoms with Crippen LogP contribution in [0.4, 0.5) is 0 Å². The zero-order valence-electron chi connectivity index (χ0n) is 14.6. The molecule has 0 radical (unpaired) electrons. The summed E-state index contributed by atoms with van der Waals surface area (Å²) in [6, 6.07) is 9.90. The predicted molar refractivity (Wildman–Crippen MR) is 95.9 cm³/mol. The first-order chi connectivity index (χ1) is 12.2. The number of Topliss-reactive ketones (excluding diaryl/α,β-unsaturated/α-hetero) is 1. The van der Waals surface area contributed by atoms with E-state index in [0.29, 0.717) is 36.2 Å². The van der Waals surface area contributed by atoms with E-state index < -0.39 is 0 Å². The molecular formula is C21H22O4. The van der Waals surface area contributed by atoms with Gasteiger partial charge in [-0.05, 0) is 48.4 Å². The Hall–Kier alpha value is -2.49. The summed E-state index contributed by atoms with van der Waals surface area (Å²) < 4.78 is 17.2. The smallest absolute Gasteiger partial charge is 0.204 e. The van der Waals surface area contributed by atoms with E-state index in [0.717, 1.165) is 28.7 Å². The van der Waals surface area contributed by atoms with Crippen molar-refractivity contribution >= 4 is 5.78 Å². The van der Waals surface area contributed by atoms with Crippen molar-refractivity contribution in [3.63, 3.8) is 0 Å². The second-order valence-electron chi connectivity index (χ2n) is 6.73. The van der Waals surface area contributed by atoms with Gasteiger partial charge in [-0.15, -0.1) is 0 Å². The molecule has 2 aliphatic rings. The number of ether oxygens (including phenoxy) is 3. The molecule has 4 rings (SSSR count). The summed E-state index contributed by atoms with van der Waals surface area (Å²) in [5.41, 5.74) is 3.95. The largest absolute Gasteiger partial charge is 0.493 e. The van der Waals surface area contributed by atoms with Crippen LogP contribution in [0, 0.1) is 5.92 Å². The van der Waals surface area contributed by atoms with Crippen molar-refractivity contribution in [1.82, 2.24) is 0 Å². The monoisotopic (exact) mass is 338 g/mol. The molecule has 25 heavy (non-hydrogen) atoms. The molecule has 0 amide bonds. The molecule has 4 nitrogen and oxygen atoms in total. The van der Waals surface area contributed by atoms with Gasteiger partial charge in [-0.3, -0.25) is 4.79 Å². The molecule has 0 unspecified atom stereocenters. The van der Waals surface area contributed by atoms with Crippen LogP contribution < -0.4 is 14.2 Å². The summed E-state index contributed by atoms with van der Waals surface area (Å²) in [5, 5.41) is 0. The van der Waals surface area contributed by atoms with Crippen LogP contribution in [-0.4, -0.2) is 26.6 Å². The van der Waals surface area contributed by atoms with Gasteiger partial charge >= 0.3 is 0 Å². The van der Waals surface area contributed by atoms with Crippen molar-refractivity contribution < 1.29 is 19.0 Å². The van der Waals surface area contributed by atoms with Crippen LogP contribution in [0.1, 0.15) is 35.2 Å². The molecule has 0 heterocycles. The average Bonchev–Trinajstić information content (AvgIpc) is 3.41. The Bertz CT molecular complexity index is 821. The third-order valence-corrected chi connectivity index (χ3v) is 5.00. The minimum atomic E-state index is 0.233. The van der Waals surface area contributed by atoms with Gasteiger partial charge in [0.25, 0.3) is 0 Å². The number of methoxy groups -OCH3 is 2. The van der Waals surface area contributed by atoms with Gasteiger partial charge in [0.05, 0.1) is 20.8 Å². The molecule has 0 spiro atoms. The lowest BCUT2D eigenvalue weighted by atomic mass is 9.99. The number of rotatable bonds is 6. The Morgan fingerprint density at radius 1 is 0.960 bits per heavy atom. The lowest BCUT2D eigenvalue weighted by Gasteiger charge is -2.18. The summed E-state index contributed by atoms with van der Waals surface area (Å²) in [4.78, 5) is 11.9. The number of hydrogen-bond acceptors (Lipinski definition) is 4. The average molecular weight is 338 g/mol. The molecule has 0 atom stereocenters. The van der Waals surface area contributed by atoms with Crippen LogP contribution >= 0.6 is 0 Å². The molecule has 130 valence electrons. The minimum Gasteiger partial charge on any atom is -0.493 e. The predicted octanol–water partition coefficient (Wildman–Crippen LogP) is 4.29. The van der Waals surface area contributed by atoms with Crippen LogP contribution in [0.3, 0.4) is 0 Å². The van der Waals surface area contributed by atoms with Gasteiger partial charge in [0, 0.05) is 17.5 Å². The van der Waals surface area contributed by atoms with E-state index in [1.165, 1.54) is 12.8 Å². The molecule has 0 bridgehead atoms. The van der Waals surface area contributed by atoms with Crippen molar-refractivity contribution in [2.24, 2.45) is 5.92 Å². The van der Waals surface area contributed by atoms with Crippen LogP contribution in [-0.2, 0) is 6.42 Å². The number of carbonyl (C=O) groups excluding carboxylic acids is 1. The van der Waals surface area contributed by atoms with Crippen molar-refractivity contribution in [1.29, 1.82) is 0 Å². The molecule has 0 aromatic heterocycles. The summed E-state index contributed by atoms with van der Waals surface area (Å²) in [6.45, 7) is 0.689. The molecule has 2 aliphatic carbocycles. The fourth-order valence-electron chi connectivity index (χ4n) is 3.38. The number of aryl methyl sites for hydroxylation is 1. The van der Waals surface area contributed by atoms with Gasteiger partial charge in [0.15, 0.2) is 17.3 Å². The molecule has 1 saturated carbocycles. The maximum Gasteiger partial charge on any atom is 0.204 e. The quantitative estimate of drug-likeness (QED) is 0.788. The van der Waals surface area contributed by atoms with E-state index >= 15 is 0 Å². The minimum absolute atomic E-state index is 0.233. The zero-order chi connectivity index (χ0) is 17.4. The number of hydrogen-bond donors (Lipinski definition) is 0. The summed E-state index contributed by atoms with van der Waals surface area (Å²) in [7, 11) is 3.29. The fourth-order valence-corrected chi connectivity index (χ4v) is 3.38. The summed E-state index contributed by atoms with van der Waals surface area (Å²) in [5.74, 6) is 2.90. The van der Waals surface area contributed by atoms with E-state index in [9.17, 15) is 4.79 Å². The van der Waals surface area contributed by atoms with E-state index in [1.54, 1.807) is 14.2 Å². The van der Waals surface area contributed by atoms with Crippen molar-refractivity contribution in [2.45, 2.75) is 25.7 Å². The molecule has 1 fully saturated rings. The molecule has 2 aromatic carbocycles. The second-order valence-corrected chi connectivity index (χ2v) is 6.73. The van der Waals surface area contributed by atoms with Gasteiger partial charge in [0.2, 0.25) is 5.75 Å². The van der Waals surface area contributed by atoms with Crippen molar-refractivity contribution in [3.8, 4) is 28.4 Å². The van der Waals surface area contributed by atoms with E-state index in [2.05, 4.69) is 6.07 Å². The Morgan fingerprint density at radius 2 is 1.76 bits per heavy atom. The van der Waals surface area contributed by atoms with Gasteiger partial charge in [-0.2, -0.15) is 0 Å². The van der Waals surface area contributed by atoms with Crippen molar-refractivity contribution in [3.05, 3.63) is 41.5 Å². The van der Waals surface area contributed by atoms with E-state index in [-0.39, 0.29) is 5.78 Å².